The van der Waals surface area contributed by atoms with Gasteiger partial charge in [0.05, 0.1) is 11.1 Å². The maximum atomic E-state index is 10.6. The summed E-state index contributed by atoms with van der Waals surface area (Å²) in [5.41, 5.74) is 5.68. The number of para-hydroxylation sites is 1. The van der Waals surface area contributed by atoms with Gasteiger partial charge in [0.2, 0.25) is 0 Å². The van der Waals surface area contributed by atoms with E-state index in [0.29, 0.717) is 16.7 Å². The quantitative estimate of drug-likeness (QED) is 0.336. The molecule has 0 spiro atoms. The number of fused-ring (bicyclic) bond motifs is 3. The van der Waals surface area contributed by atoms with Gasteiger partial charge in [-0.3, -0.25) is 10.1 Å². The van der Waals surface area contributed by atoms with Crippen LogP contribution in [-0.4, -0.2) is 31.3 Å². The molecule has 0 atom stereocenters. The summed E-state index contributed by atoms with van der Waals surface area (Å²) in [6.45, 7) is 0. The lowest BCUT2D eigenvalue weighted by Crippen LogP contribution is -1.99. The van der Waals surface area contributed by atoms with Crippen LogP contribution in [0.25, 0.3) is 22.1 Å². The van der Waals surface area contributed by atoms with Crippen LogP contribution in [-0.2, 0) is 0 Å². The monoisotopic (exact) mass is 333 g/mol. The maximum Gasteiger partial charge on any atom is 0.269 e. The van der Waals surface area contributed by atoms with Gasteiger partial charge in [-0.1, -0.05) is 18.2 Å². The van der Waals surface area contributed by atoms with Crippen LogP contribution in [0.2, 0.25) is 0 Å². The first-order valence-electron chi connectivity index (χ1n) is 7.35. The highest BCUT2D eigenvalue weighted by Gasteiger charge is 2.08. The molecule has 0 aliphatic carbocycles. The molecule has 0 radical (unpaired) electrons. The topological polar surface area (TPSA) is 122 Å². The van der Waals surface area contributed by atoms with Gasteiger partial charge >= 0.3 is 0 Å². The fourth-order valence-corrected chi connectivity index (χ4v) is 2.41. The number of nitro benzene ring substituents is 1. The summed E-state index contributed by atoms with van der Waals surface area (Å²) in [6.07, 6.45) is 1.52. The van der Waals surface area contributed by atoms with Gasteiger partial charge in [-0.2, -0.15) is 10.1 Å². The van der Waals surface area contributed by atoms with Gasteiger partial charge in [0.25, 0.3) is 11.6 Å². The molecular formula is C16H11N7O2. The summed E-state index contributed by atoms with van der Waals surface area (Å²) >= 11 is 0. The average molecular weight is 333 g/mol. The molecule has 0 amide bonds. The number of aromatic amines is 1. The van der Waals surface area contributed by atoms with Crippen molar-refractivity contribution in [1.82, 2.24) is 20.2 Å². The van der Waals surface area contributed by atoms with Gasteiger partial charge in [-0.25, -0.2) is 5.43 Å². The van der Waals surface area contributed by atoms with E-state index < -0.39 is 4.92 Å². The Labute approximate surface area is 140 Å². The number of nitrogens with zero attached hydrogens (tertiary/aromatic N) is 5. The Morgan fingerprint density at radius 2 is 1.92 bits per heavy atom. The van der Waals surface area contributed by atoms with E-state index in [1.807, 2.05) is 24.3 Å². The molecule has 122 valence electrons. The molecule has 0 aliphatic rings. The Kier molecular flexibility index (Phi) is 3.51. The maximum absolute atomic E-state index is 10.6. The number of hydrazone groups is 1. The van der Waals surface area contributed by atoms with Crippen LogP contribution in [0.5, 0.6) is 0 Å². The lowest BCUT2D eigenvalue weighted by atomic mass is 10.2. The van der Waals surface area contributed by atoms with Crippen LogP contribution < -0.4 is 5.43 Å². The minimum absolute atomic E-state index is 0.0295. The zero-order chi connectivity index (χ0) is 17.2. The number of H-pyrrole nitrogens is 1. The molecule has 0 saturated carbocycles. The Hall–Kier alpha value is -3.88. The predicted octanol–water partition coefficient (Wildman–Crippen LogP) is 2.86. The number of nitro groups is 1. The van der Waals surface area contributed by atoms with Gasteiger partial charge in [0.15, 0.2) is 5.65 Å². The largest absolute Gasteiger partial charge is 0.338 e. The molecule has 9 heteroatoms. The Balaban J connectivity index is 1.54. The van der Waals surface area contributed by atoms with Crippen molar-refractivity contribution in [3.63, 3.8) is 0 Å². The van der Waals surface area contributed by atoms with Crippen molar-refractivity contribution in [2.75, 3.05) is 5.43 Å². The van der Waals surface area contributed by atoms with E-state index >= 15 is 0 Å². The Morgan fingerprint density at radius 1 is 1.12 bits per heavy atom. The van der Waals surface area contributed by atoms with Gasteiger partial charge < -0.3 is 4.98 Å². The number of hydrogen-bond donors (Lipinski definition) is 2. The van der Waals surface area contributed by atoms with Crippen LogP contribution >= 0.6 is 0 Å². The SMILES string of the molecule is O=[N+]([O-])c1ccc(C=NNc2nnc3c(n2)[nH]c2ccccc23)cc1. The summed E-state index contributed by atoms with van der Waals surface area (Å²) in [5, 5.41) is 23.8. The summed E-state index contributed by atoms with van der Waals surface area (Å²) in [6, 6.07) is 13.8. The minimum atomic E-state index is -0.450. The third kappa shape index (κ3) is 2.85. The fraction of sp³-hybridized carbons (Fsp3) is 0. The van der Waals surface area contributed by atoms with Crippen LogP contribution in [0.1, 0.15) is 5.56 Å². The molecule has 25 heavy (non-hydrogen) atoms. The van der Waals surface area contributed by atoms with E-state index in [1.54, 1.807) is 12.1 Å². The number of non-ortho nitro benzene ring substituents is 1. The molecule has 0 saturated heterocycles. The van der Waals surface area contributed by atoms with Gasteiger partial charge in [-0.05, 0) is 23.8 Å². The van der Waals surface area contributed by atoms with E-state index in [0.717, 1.165) is 10.9 Å². The van der Waals surface area contributed by atoms with E-state index in [4.69, 9.17) is 0 Å². The molecule has 0 unspecified atom stereocenters. The van der Waals surface area contributed by atoms with Crippen molar-refractivity contribution in [1.29, 1.82) is 0 Å². The lowest BCUT2D eigenvalue weighted by molar-refractivity contribution is -0.384. The molecule has 2 heterocycles. The zero-order valence-corrected chi connectivity index (χ0v) is 12.7. The molecule has 4 aromatic rings. The van der Waals surface area contributed by atoms with Crippen LogP contribution in [0, 0.1) is 10.1 Å². The first-order chi connectivity index (χ1) is 12.2. The molecule has 2 N–H and O–H groups in total. The number of rotatable bonds is 4. The van der Waals surface area contributed by atoms with Crippen LogP contribution in [0.3, 0.4) is 0 Å². The third-order valence-electron chi connectivity index (χ3n) is 3.60. The highest BCUT2D eigenvalue weighted by atomic mass is 16.6. The molecule has 0 fully saturated rings. The second-order valence-corrected chi connectivity index (χ2v) is 5.22. The Morgan fingerprint density at radius 3 is 2.72 bits per heavy atom. The van der Waals surface area contributed by atoms with Crippen molar-refractivity contribution >= 4 is 39.9 Å². The summed E-state index contributed by atoms with van der Waals surface area (Å²) in [7, 11) is 0. The van der Waals surface area contributed by atoms with Crippen molar-refractivity contribution in [3.05, 3.63) is 64.2 Å². The van der Waals surface area contributed by atoms with Crippen LogP contribution in [0.4, 0.5) is 11.6 Å². The second-order valence-electron chi connectivity index (χ2n) is 5.22. The third-order valence-corrected chi connectivity index (χ3v) is 3.60. The van der Waals surface area contributed by atoms with E-state index in [-0.39, 0.29) is 11.6 Å². The summed E-state index contributed by atoms with van der Waals surface area (Å²) < 4.78 is 0. The number of benzene rings is 2. The molecule has 2 aromatic heterocycles. The number of aromatic nitrogens is 4. The first kappa shape index (κ1) is 14.7. The number of nitrogens with one attached hydrogen (secondary N) is 2. The second kappa shape index (κ2) is 5.96. The molecule has 4 rings (SSSR count). The van der Waals surface area contributed by atoms with Crippen molar-refractivity contribution in [2.45, 2.75) is 0 Å². The fourth-order valence-electron chi connectivity index (χ4n) is 2.41. The number of anilines is 1. The Bertz CT molecular complexity index is 1100. The highest BCUT2D eigenvalue weighted by Crippen LogP contribution is 2.21. The highest BCUT2D eigenvalue weighted by molar-refractivity contribution is 6.03. The average Bonchev–Trinajstić information content (AvgIpc) is 3.00. The standard InChI is InChI=1S/C16H11N7O2/c24-23(25)11-7-5-10(6-8-11)9-17-21-16-19-15-14(20-22-16)12-3-1-2-4-13(12)18-15/h1-9H,(H2,18,19,21,22). The van der Waals surface area contributed by atoms with Gasteiger partial charge in [-0.15, -0.1) is 10.2 Å². The lowest BCUT2D eigenvalue weighted by Gasteiger charge is -1.97. The van der Waals surface area contributed by atoms with Gasteiger partial charge in [0, 0.05) is 23.0 Å². The zero-order valence-electron chi connectivity index (χ0n) is 12.7. The van der Waals surface area contributed by atoms with E-state index in [1.165, 1.54) is 18.3 Å². The van der Waals surface area contributed by atoms with E-state index in [9.17, 15) is 10.1 Å². The molecule has 2 aromatic carbocycles. The van der Waals surface area contributed by atoms with Crippen molar-refractivity contribution < 1.29 is 4.92 Å². The molecule has 9 nitrogen and oxygen atoms in total. The normalized spacial score (nSPS) is 11.4. The predicted molar refractivity (Wildman–Crippen MR) is 93.5 cm³/mol. The first-order valence-corrected chi connectivity index (χ1v) is 7.35. The smallest absolute Gasteiger partial charge is 0.269 e. The molecule has 0 aliphatic heterocycles. The summed E-state index contributed by atoms with van der Waals surface area (Å²) in [5.74, 6) is 0.247. The van der Waals surface area contributed by atoms with Crippen molar-refractivity contribution in [2.24, 2.45) is 5.10 Å². The van der Waals surface area contributed by atoms with Crippen molar-refractivity contribution in [3.8, 4) is 0 Å². The number of hydrogen-bond acceptors (Lipinski definition) is 7. The van der Waals surface area contributed by atoms with Crippen LogP contribution in [0.15, 0.2) is 53.6 Å². The molecule has 0 bridgehead atoms. The summed E-state index contributed by atoms with van der Waals surface area (Å²) in [4.78, 5) is 17.7. The van der Waals surface area contributed by atoms with E-state index in [2.05, 4.69) is 30.7 Å². The molecular weight excluding hydrogens is 322 g/mol. The van der Waals surface area contributed by atoms with Gasteiger partial charge in [0.1, 0.15) is 5.52 Å². The minimum Gasteiger partial charge on any atom is -0.338 e.